The number of fused-ring (bicyclic) bond motifs is 3. The topological polar surface area (TPSA) is 81.6 Å². The van der Waals surface area contributed by atoms with Gasteiger partial charge in [0.05, 0.1) is 12.2 Å². The molecule has 0 saturated carbocycles. The highest BCUT2D eigenvalue weighted by molar-refractivity contribution is 5.85. The Hall–Kier alpha value is -4.17. The number of nitrogens with zero attached hydrogens (tertiary/aromatic N) is 5. The first-order valence-corrected chi connectivity index (χ1v) is 13.4. The first-order chi connectivity index (χ1) is 18.7. The zero-order valence-electron chi connectivity index (χ0n) is 21.3. The van der Waals surface area contributed by atoms with Crippen molar-refractivity contribution in [3.8, 4) is 11.3 Å². The fourth-order valence-electron chi connectivity index (χ4n) is 6.02. The average Bonchev–Trinajstić information content (AvgIpc) is 3.60. The number of hydrogen-bond donors (Lipinski definition) is 2. The number of likely N-dealkylation sites (tertiary alicyclic amines) is 1. The fraction of sp³-hybridized carbons (Fsp3) is 0.300. The normalized spacial score (nSPS) is 18.1. The molecule has 5 heterocycles. The molecule has 2 N–H and O–H groups in total. The van der Waals surface area contributed by atoms with Gasteiger partial charge in [-0.2, -0.15) is 5.10 Å². The van der Waals surface area contributed by atoms with Crippen LogP contribution in [0.5, 0.6) is 0 Å². The van der Waals surface area contributed by atoms with Gasteiger partial charge in [0.15, 0.2) is 0 Å². The zero-order chi connectivity index (χ0) is 25.5. The molecule has 0 aliphatic carbocycles. The van der Waals surface area contributed by atoms with Crippen molar-refractivity contribution in [2.45, 2.75) is 38.4 Å². The lowest BCUT2D eigenvalue weighted by Gasteiger charge is -2.35. The van der Waals surface area contributed by atoms with E-state index in [1.165, 1.54) is 16.3 Å². The van der Waals surface area contributed by atoms with Crippen LogP contribution in [0.4, 0.5) is 4.79 Å². The number of imidazole rings is 1. The molecule has 2 aliphatic heterocycles. The summed E-state index contributed by atoms with van der Waals surface area (Å²) >= 11 is 0. The third-order valence-corrected chi connectivity index (χ3v) is 7.99. The number of pyridine rings is 1. The molecule has 1 fully saturated rings. The number of aromatic amines is 1. The van der Waals surface area contributed by atoms with E-state index in [-0.39, 0.29) is 12.1 Å². The van der Waals surface area contributed by atoms with Crippen LogP contribution in [-0.4, -0.2) is 61.1 Å². The lowest BCUT2D eigenvalue weighted by atomic mass is 10.0. The Bertz CT molecular complexity index is 1610. The summed E-state index contributed by atoms with van der Waals surface area (Å²) in [5, 5.41) is 13.8. The van der Waals surface area contributed by atoms with Crippen LogP contribution in [0.25, 0.3) is 27.7 Å². The summed E-state index contributed by atoms with van der Waals surface area (Å²) in [7, 11) is 0. The Balaban J connectivity index is 1.02. The van der Waals surface area contributed by atoms with E-state index in [0.717, 1.165) is 67.1 Å². The molecule has 2 aromatic carbocycles. The number of nitrogens with one attached hydrogen (secondary N) is 2. The number of carbonyl (C=O) groups is 1. The van der Waals surface area contributed by atoms with Gasteiger partial charge < -0.3 is 14.6 Å². The number of benzene rings is 2. The molecule has 38 heavy (non-hydrogen) atoms. The first-order valence-electron chi connectivity index (χ1n) is 13.4. The van der Waals surface area contributed by atoms with Crippen LogP contribution in [-0.2, 0) is 19.5 Å². The van der Waals surface area contributed by atoms with Gasteiger partial charge in [-0.05, 0) is 47.9 Å². The molecule has 1 saturated heterocycles. The minimum absolute atomic E-state index is 0.0184. The van der Waals surface area contributed by atoms with Crippen molar-refractivity contribution in [2.75, 3.05) is 19.6 Å². The monoisotopic (exact) mass is 505 g/mol. The lowest BCUT2D eigenvalue weighted by Crippen LogP contribution is -2.52. The Morgan fingerprint density at radius 1 is 1.08 bits per heavy atom. The molecular formula is C30H31N7O. The highest BCUT2D eigenvalue weighted by Gasteiger charge is 2.28. The van der Waals surface area contributed by atoms with Gasteiger partial charge in [0.1, 0.15) is 5.65 Å². The molecule has 8 heteroatoms. The second-order valence-corrected chi connectivity index (χ2v) is 10.5. The predicted octanol–water partition coefficient (Wildman–Crippen LogP) is 4.61. The largest absolute Gasteiger partial charge is 0.334 e. The van der Waals surface area contributed by atoms with E-state index in [2.05, 4.69) is 67.9 Å². The molecule has 192 valence electrons. The van der Waals surface area contributed by atoms with Crippen molar-refractivity contribution in [3.63, 3.8) is 0 Å². The Labute approximate surface area is 221 Å². The van der Waals surface area contributed by atoms with Crippen molar-refractivity contribution in [1.29, 1.82) is 0 Å². The minimum Gasteiger partial charge on any atom is -0.334 e. The molecule has 7 rings (SSSR count). The van der Waals surface area contributed by atoms with E-state index < -0.39 is 0 Å². The van der Waals surface area contributed by atoms with Gasteiger partial charge >= 0.3 is 6.03 Å². The summed E-state index contributed by atoms with van der Waals surface area (Å²) in [6.07, 6.45) is 8.65. The number of aromatic nitrogens is 4. The van der Waals surface area contributed by atoms with E-state index in [1.807, 2.05) is 33.8 Å². The molecule has 2 aliphatic rings. The highest BCUT2D eigenvalue weighted by Crippen LogP contribution is 2.29. The summed E-state index contributed by atoms with van der Waals surface area (Å²) in [6.45, 7) is 4.08. The smallest absolute Gasteiger partial charge is 0.317 e. The van der Waals surface area contributed by atoms with Gasteiger partial charge in [-0.3, -0.25) is 10.00 Å². The number of hydrogen-bond acceptors (Lipinski definition) is 4. The van der Waals surface area contributed by atoms with E-state index in [0.29, 0.717) is 13.1 Å². The van der Waals surface area contributed by atoms with Gasteiger partial charge in [0.2, 0.25) is 0 Å². The van der Waals surface area contributed by atoms with Crippen molar-refractivity contribution >= 4 is 22.5 Å². The Morgan fingerprint density at radius 3 is 2.97 bits per heavy atom. The van der Waals surface area contributed by atoms with Crippen LogP contribution in [0.15, 0.2) is 73.2 Å². The average molecular weight is 506 g/mol. The first kappa shape index (κ1) is 23.0. The lowest BCUT2D eigenvalue weighted by molar-refractivity contribution is 0.160. The third kappa shape index (κ3) is 4.31. The molecule has 8 nitrogen and oxygen atoms in total. The number of H-pyrrole nitrogens is 1. The van der Waals surface area contributed by atoms with E-state index in [1.54, 1.807) is 6.20 Å². The van der Waals surface area contributed by atoms with Crippen LogP contribution in [0.1, 0.15) is 29.7 Å². The van der Waals surface area contributed by atoms with Gasteiger partial charge in [0, 0.05) is 67.5 Å². The van der Waals surface area contributed by atoms with E-state index >= 15 is 0 Å². The number of amides is 2. The molecule has 0 bridgehead atoms. The number of urea groups is 1. The summed E-state index contributed by atoms with van der Waals surface area (Å²) in [4.78, 5) is 22.1. The van der Waals surface area contributed by atoms with Crippen LogP contribution < -0.4 is 5.32 Å². The van der Waals surface area contributed by atoms with Crippen molar-refractivity contribution < 1.29 is 4.79 Å². The van der Waals surface area contributed by atoms with Crippen molar-refractivity contribution in [1.82, 2.24) is 34.7 Å². The van der Waals surface area contributed by atoms with Crippen LogP contribution in [0, 0.1) is 0 Å². The van der Waals surface area contributed by atoms with Crippen LogP contribution in [0.3, 0.4) is 0 Å². The molecule has 5 aromatic rings. The molecule has 0 spiro atoms. The molecule has 1 atom stereocenters. The number of rotatable bonds is 4. The fourth-order valence-corrected chi connectivity index (χ4v) is 6.02. The van der Waals surface area contributed by atoms with E-state index in [4.69, 9.17) is 0 Å². The van der Waals surface area contributed by atoms with Gasteiger partial charge in [-0.1, -0.05) is 42.5 Å². The Morgan fingerprint density at radius 2 is 2.00 bits per heavy atom. The number of carbonyl (C=O) groups excluding carboxylic acids is 1. The second kappa shape index (κ2) is 9.61. The summed E-state index contributed by atoms with van der Waals surface area (Å²) in [6, 6.07) is 19.3. The molecule has 2 amide bonds. The van der Waals surface area contributed by atoms with Gasteiger partial charge in [-0.15, -0.1) is 0 Å². The van der Waals surface area contributed by atoms with Gasteiger partial charge in [-0.25, -0.2) is 9.78 Å². The number of piperidine rings is 1. The molecular weight excluding hydrogens is 474 g/mol. The standard InChI is InChI=1S/C30H31N7O/c38-30(32-24-8-4-14-35(19-24)17-22-7-3-6-21-5-1-2-9-25(21)22)37-15-12-27-26(20-37)29(34-33-27)23-10-11-28-31-13-16-36(28)18-23/h1-3,5-7,9-11,13,16,18,24H,4,8,12,14-15,17,19-20H2,(H,32,38)(H,33,34). The SMILES string of the molecule is O=C(NC1CCCN(Cc2cccc3ccccc23)C1)N1CCc2[nH]nc(-c3ccc4nccn4c3)c2C1. The predicted molar refractivity (Wildman–Crippen MR) is 148 cm³/mol. The molecule has 0 radical (unpaired) electrons. The quantitative estimate of drug-likeness (QED) is 0.374. The maximum absolute atomic E-state index is 13.4. The minimum atomic E-state index is 0.0184. The maximum Gasteiger partial charge on any atom is 0.317 e. The molecule has 1 unspecified atom stereocenters. The van der Waals surface area contributed by atoms with E-state index in [9.17, 15) is 4.79 Å². The second-order valence-electron chi connectivity index (χ2n) is 10.5. The van der Waals surface area contributed by atoms with Crippen molar-refractivity contribution in [2.24, 2.45) is 0 Å². The third-order valence-electron chi connectivity index (χ3n) is 7.99. The Kier molecular flexibility index (Phi) is 5.81. The maximum atomic E-state index is 13.4. The van der Waals surface area contributed by atoms with Crippen molar-refractivity contribution in [3.05, 3.63) is 90.0 Å². The zero-order valence-corrected chi connectivity index (χ0v) is 21.3. The summed E-state index contributed by atoms with van der Waals surface area (Å²) < 4.78 is 2.00. The van der Waals surface area contributed by atoms with Crippen LogP contribution >= 0.6 is 0 Å². The summed E-state index contributed by atoms with van der Waals surface area (Å²) in [5.74, 6) is 0. The molecule has 3 aromatic heterocycles. The summed E-state index contributed by atoms with van der Waals surface area (Å²) in [5.41, 5.74) is 6.40. The van der Waals surface area contributed by atoms with Crippen LogP contribution in [0.2, 0.25) is 0 Å². The van der Waals surface area contributed by atoms with Gasteiger partial charge in [0.25, 0.3) is 0 Å². The highest BCUT2D eigenvalue weighted by atomic mass is 16.2.